The summed E-state index contributed by atoms with van der Waals surface area (Å²) in [6, 6.07) is 2.49. The van der Waals surface area contributed by atoms with E-state index in [0.29, 0.717) is 6.04 Å². The summed E-state index contributed by atoms with van der Waals surface area (Å²) in [4.78, 5) is 11.0. The van der Waals surface area contributed by atoms with Crippen molar-refractivity contribution in [2.24, 2.45) is 5.92 Å². The van der Waals surface area contributed by atoms with Crippen LogP contribution in [0.5, 0.6) is 0 Å². The minimum Gasteiger partial charge on any atom is -0.336 e. The van der Waals surface area contributed by atoms with Gasteiger partial charge in [0.15, 0.2) is 0 Å². The van der Waals surface area contributed by atoms with Gasteiger partial charge in [0.25, 0.3) is 0 Å². The van der Waals surface area contributed by atoms with Crippen molar-refractivity contribution in [3.05, 3.63) is 18.5 Å². The summed E-state index contributed by atoms with van der Waals surface area (Å²) in [6.07, 6.45) is 4.91. The van der Waals surface area contributed by atoms with Crippen LogP contribution in [0.2, 0.25) is 0 Å². The van der Waals surface area contributed by atoms with Gasteiger partial charge in [-0.25, -0.2) is 9.97 Å². The topological polar surface area (TPSA) is 41.1 Å². The lowest BCUT2D eigenvalue weighted by Crippen LogP contribution is -2.35. The van der Waals surface area contributed by atoms with Gasteiger partial charge in [-0.2, -0.15) is 0 Å². The number of fused-ring (bicyclic) bond motifs is 1. The molecule has 3 heterocycles. The lowest BCUT2D eigenvalue weighted by molar-refractivity contribution is 0.576. The zero-order chi connectivity index (χ0) is 9.38. The number of aromatic nitrogens is 2. The maximum atomic E-state index is 4.31. The largest absolute Gasteiger partial charge is 0.336 e. The third kappa shape index (κ3) is 1.18. The highest BCUT2D eigenvalue weighted by molar-refractivity contribution is 5.34. The molecule has 0 radical (unpaired) electrons. The number of anilines is 1. The molecule has 2 saturated heterocycles. The van der Waals surface area contributed by atoms with E-state index in [1.807, 2.05) is 18.5 Å². The van der Waals surface area contributed by atoms with Crippen LogP contribution in [0.25, 0.3) is 0 Å². The van der Waals surface area contributed by atoms with Crippen LogP contribution in [0.15, 0.2) is 18.5 Å². The average molecular weight is 190 g/mol. The molecule has 0 unspecified atom stereocenters. The van der Waals surface area contributed by atoms with Crippen molar-refractivity contribution in [2.45, 2.75) is 12.5 Å². The Morgan fingerprint density at radius 3 is 3.00 bits per heavy atom. The molecule has 2 fully saturated rings. The first kappa shape index (κ1) is 8.17. The SMILES string of the molecule is c1cnc(N2CC[C@H]3CNC[C@H]32)nc1. The Labute approximate surface area is 83.4 Å². The molecular formula is C10H14N4. The molecule has 0 aromatic carbocycles. The van der Waals surface area contributed by atoms with E-state index >= 15 is 0 Å². The molecule has 2 atom stereocenters. The van der Waals surface area contributed by atoms with Crippen molar-refractivity contribution in [1.29, 1.82) is 0 Å². The molecule has 74 valence electrons. The standard InChI is InChI=1S/C10H14N4/c1-3-12-10(13-4-1)14-5-2-8-6-11-7-9(8)14/h1,3-4,8-9,11H,2,5-7H2/t8-,9+/m0/s1. The van der Waals surface area contributed by atoms with E-state index in [4.69, 9.17) is 0 Å². The smallest absolute Gasteiger partial charge is 0.225 e. The van der Waals surface area contributed by atoms with Crippen molar-refractivity contribution >= 4 is 5.95 Å². The highest BCUT2D eigenvalue weighted by atomic mass is 15.3. The first-order chi connectivity index (χ1) is 6.95. The molecule has 14 heavy (non-hydrogen) atoms. The minimum absolute atomic E-state index is 0.623. The molecule has 4 nitrogen and oxygen atoms in total. The van der Waals surface area contributed by atoms with Gasteiger partial charge >= 0.3 is 0 Å². The van der Waals surface area contributed by atoms with E-state index in [1.54, 1.807) is 0 Å². The first-order valence-electron chi connectivity index (χ1n) is 5.19. The highest BCUT2D eigenvalue weighted by Crippen LogP contribution is 2.29. The lowest BCUT2D eigenvalue weighted by atomic mass is 10.1. The molecule has 2 aliphatic heterocycles. The summed E-state index contributed by atoms with van der Waals surface area (Å²) in [5, 5.41) is 3.43. The summed E-state index contributed by atoms with van der Waals surface area (Å²) in [5.74, 6) is 1.70. The van der Waals surface area contributed by atoms with Crippen LogP contribution in [0.4, 0.5) is 5.95 Å². The summed E-state index contributed by atoms with van der Waals surface area (Å²) in [7, 11) is 0. The fourth-order valence-electron chi connectivity index (χ4n) is 2.54. The number of hydrogen-bond donors (Lipinski definition) is 1. The van der Waals surface area contributed by atoms with Gasteiger partial charge in [0.1, 0.15) is 0 Å². The van der Waals surface area contributed by atoms with Gasteiger partial charge < -0.3 is 10.2 Å². The second-order valence-corrected chi connectivity index (χ2v) is 4.02. The van der Waals surface area contributed by atoms with Crippen molar-refractivity contribution in [3.8, 4) is 0 Å². The van der Waals surface area contributed by atoms with E-state index in [0.717, 1.165) is 31.5 Å². The Kier molecular flexibility index (Phi) is 1.87. The van der Waals surface area contributed by atoms with Crippen LogP contribution in [0.1, 0.15) is 6.42 Å². The Hall–Kier alpha value is -1.16. The first-order valence-corrected chi connectivity index (χ1v) is 5.19. The molecule has 0 saturated carbocycles. The number of rotatable bonds is 1. The second-order valence-electron chi connectivity index (χ2n) is 4.02. The minimum atomic E-state index is 0.623. The van der Waals surface area contributed by atoms with Gasteiger partial charge in [0.05, 0.1) is 0 Å². The van der Waals surface area contributed by atoms with Crippen LogP contribution in [0, 0.1) is 5.92 Å². The quantitative estimate of drug-likeness (QED) is 0.690. The van der Waals surface area contributed by atoms with Gasteiger partial charge in [-0.1, -0.05) is 0 Å². The third-order valence-electron chi connectivity index (χ3n) is 3.25. The van der Waals surface area contributed by atoms with Crippen molar-refractivity contribution < 1.29 is 0 Å². The van der Waals surface area contributed by atoms with Gasteiger partial charge in [-0.05, 0) is 18.4 Å². The van der Waals surface area contributed by atoms with Gasteiger partial charge in [0, 0.05) is 38.1 Å². The summed E-state index contributed by atoms with van der Waals surface area (Å²) < 4.78 is 0. The van der Waals surface area contributed by atoms with E-state index in [9.17, 15) is 0 Å². The maximum absolute atomic E-state index is 4.31. The molecule has 1 aromatic rings. The summed E-state index contributed by atoms with van der Waals surface area (Å²) in [5.41, 5.74) is 0. The highest BCUT2D eigenvalue weighted by Gasteiger charge is 2.38. The number of nitrogens with zero attached hydrogens (tertiary/aromatic N) is 3. The summed E-state index contributed by atoms with van der Waals surface area (Å²) in [6.45, 7) is 3.36. The van der Waals surface area contributed by atoms with Crippen LogP contribution in [-0.4, -0.2) is 35.6 Å². The molecule has 4 heteroatoms. The van der Waals surface area contributed by atoms with Gasteiger partial charge in [0.2, 0.25) is 5.95 Å². The van der Waals surface area contributed by atoms with E-state index in [1.165, 1.54) is 6.42 Å². The predicted molar refractivity (Wildman–Crippen MR) is 54.1 cm³/mol. The Balaban J connectivity index is 1.86. The van der Waals surface area contributed by atoms with Crippen LogP contribution < -0.4 is 10.2 Å². The molecular weight excluding hydrogens is 176 g/mol. The molecule has 0 aliphatic carbocycles. The molecule has 1 aromatic heterocycles. The second kappa shape index (κ2) is 3.20. The predicted octanol–water partition coefficient (Wildman–Crippen LogP) is 0.275. The van der Waals surface area contributed by atoms with Crippen LogP contribution >= 0.6 is 0 Å². The normalized spacial score (nSPS) is 30.7. The fourth-order valence-corrected chi connectivity index (χ4v) is 2.54. The molecule has 0 spiro atoms. The average Bonchev–Trinajstić information content (AvgIpc) is 2.79. The van der Waals surface area contributed by atoms with E-state index < -0.39 is 0 Å². The summed E-state index contributed by atoms with van der Waals surface area (Å²) >= 11 is 0. The van der Waals surface area contributed by atoms with Gasteiger partial charge in [-0.3, -0.25) is 0 Å². The van der Waals surface area contributed by atoms with E-state index in [-0.39, 0.29) is 0 Å². The zero-order valence-electron chi connectivity index (χ0n) is 8.06. The van der Waals surface area contributed by atoms with Crippen molar-refractivity contribution in [2.75, 3.05) is 24.5 Å². The maximum Gasteiger partial charge on any atom is 0.225 e. The van der Waals surface area contributed by atoms with Crippen LogP contribution in [-0.2, 0) is 0 Å². The number of hydrogen-bond acceptors (Lipinski definition) is 4. The molecule has 0 bridgehead atoms. The van der Waals surface area contributed by atoms with Crippen molar-refractivity contribution in [3.63, 3.8) is 0 Å². The van der Waals surface area contributed by atoms with Crippen molar-refractivity contribution in [1.82, 2.24) is 15.3 Å². The number of nitrogens with one attached hydrogen (secondary N) is 1. The Morgan fingerprint density at radius 2 is 2.14 bits per heavy atom. The van der Waals surface area contributed by atoms with Gasteiger partial charge in [-0.15, -0.1) is 0 Å². The van der Waals surface area contributed by atoms with Crippen LogP contribution in [0.3, 0.4) is 0 Å². The molecule has 0 amide bonds. The molecule has 3 rings (SSSR count). The third-order valence-corrected chi connectivity index (χ3v) is 3.25. The molecule has 2 aliphatic rings. The monoisotopic (exact) mass is 190 g/mol. The van der Waals surface area contributed by atoms with E-state index in [2.05, 4.69) is 20.2 Å². The lowest BCUT2D eigenvalue weighted by Gasteiger charge is -2.22. The Morgan fingerprint density at radius 1 is 1.29 bits per heavy atom. The zero-order valence-corrected chi connectivity index (χ0v) is 8.06. The molecule has 1 N–H and O–H groups in total. The Bertz CT molecular complexity index is 313. The fraction of sp³-hybridized carbons (Fsp3) is 0.600.